The summed E-state index contributed by atoms with van der Waals surface area (Å²) in [6, 6.07) is 22.6. The second-order valence-electron chi connectivity index (χ2n) is 13.8. The van der Waals surface area contributed by atoms with Gasteiger partial charge in [0.05, 0.1) is 0 Å². The van der Waals surface area contributed by atoms with Crippen molar-refractivity contribution in [2.24, 2.45) is 5.73 Å². The zero-order chi connectivity index (χ0) is 40.9. The van der Waals surface area contributed by atoms with Gasteiger partial charge in [0.1, 0.15) is 43.5 Å². The molecule has 0 radical (unpaired) electrons. The summed E-state index contributed by atoms with van der Waals surface area (Å²) in [6.07, 6.45) is -2.64. The van der Waals surface area contributed by atoms with Gasteiger partial charge < -0.3 is 40.6 Å². The van der Waals surface area contributed by atoms with Crippen molar-refractivity contribution in [3.8, 4) is 0 Å². The number of carbonyl (C=O) groups is 7. The average Bonchev–Trinajstić information content (AvgIpc) is 3.17. The van der Waals surface area contributed by atoms with Crippen LogP contribution in [0.2, 0.25) is 0 Å². The van der Waals surface area contributed by atoms with Crippen LogP contribution in [0.15, 0.2) is 91.0 Å². The van der Waals surface area contributed by atoms with E-state index in [1.54, 1.807) is 93.6 Å². The van der Waals surface area contributed by atoms with E-state index < -0.39 is 65.4 Å². The minimum absolute atomic E-state index is 0.00495. The number of hydrogen-bond acceptors (Lipinski definition) is 11. The largest absolute Gasteiger partial charge is 0.461 e. The molecule has 0 fully saturated rings. The maximum absolute atomic E-state index is 13.7. The van der Waals surface area contributed by atoms with Crippen LogP contribution in [0.1, 0.15) is 76.0 Å². The van der Waals surface area contributed by atoms with Gasteiger partial charge in [-0.1, -0.05) is 91.0 Å². The second kappa shape index (κ2) is 22.8. The third-order valence-electron chi connectivity index (χ3n) is 7.94. The maximum atomic E-state index is 13.7. The van der Waals surface area contributed by atoms with Crippen LogP contribution in [0.4, 0.5) is 4.79 Å². The molecule has 0 saturated heterocycles. The Morgan fingerprint density at radius 3 is 1.18 bits per heavy atom. The highest BCUT2D eigenvalue weighted by molar-refractivity contribution is 5.94. The number of primary amides is 1. The van der Waals surface area contributed by atoms with Crippen molar-refractivity contribution >= 4 is 41.7 Å². The molecule has 3 atom stereocenters. The van der Waals surface area contributed by atoms with Crippen molar-refractivity contribution in [3.05, 3.63) is 108 Å². The molecule has 0 spiro atoms. The fraction of sp³-hybridized carbons (Fsp3) is 0.390. The Hall–Kier alpha value is -6.25. The molecule has 3 aromatic carbocycles. The minimum Gasteiger partial charge on any atom is -0.461 e. The van der Waals surface area contributed by atoms with E-state index in [2.05, 4.69) is 16.0 Å². The second-order valence-corrected chi connectivity index (χ2v) is 13.8. The maximum Gasteiger partial charge on any atom is 0.408 e. The number of esters is 3. The molecular formula is C41H50N4O11. The number of nitrogens with one attached hydrogen (secondary N) is 3. The van der Waals surface area contributed by atoms with E-state index in [4.69, 9.17) is 24.7 Å². The highest BCUT2D eigenvalue weighted by Crippen LogP contribution is 2.12. The Balaban J connectivity index is 1.72. The Bertz CT molecular complexity index is 1750. The summed E-state index contributed by atoms with van der Waals surface area (Å²) >= 11 is 0. The summed E-state index contributed by atoms with van der Waals surface area (Å²) in [6.45, 7) is 4.83. The Morgan fingerprint density at radius 1 is 0.518 bits per heavy atom. The molecule has 0 unspecified atom stereocenters. The van der Waals surface area contributed by atoms with Crippen molar-refractivity contribution in [2.45, 2.75) is 103 Å². The molecule has 0 aliphatic rings. The SMILES string of the molecule is CC(C)(C)OC(=O)N[C@H](CCC(=O)OCc1ccccc1)C(=O)N[C@H](CCC(=O)OCc1ccccc1)C(=O)N[C@H](CCC(=O)OCc1ccccc1)C(N)=O. The summed E-state index contributed by atoms with van der Waals surface area (Å²) in [5.74, 6) is -4.74. The Morgan fingerprint density at radius 2 is 0.839 bits per heavy atom. The highest BCUT2D eigenvalue weighted by atomic mass is 16.6. The molecule has 300 valence electrons. The molecule has 4 amide bonds. The molecule has 0 aliphatic heterocycles. The summed E-state index contributed by atoms with van der Waals surface area (Å²) < 4.78 is 21.2. The van der Waals surface area contributed by atoms with Gasteiger partial charge in [0, 0.05) is 19.3 Å². The van der Waals surface area contributed by atoms with Crippen molar-refractivity contribution in [3.63, 3.8) is 0 Å². The third kappa shape index (κ3) is 17.7. The number of alkyl carbamates (subject to hydrolysis) is 1. The fourth-order valence-electron chi connectivity index (χ4n) is 5.03. The Kier molecular flexibility index (Phi) is 18.0. The van der Waals surface area contributed by atoms with E-state index in [1.807, 2.05) is 18.2 Å². The van der Waals surface area contributed by atoms with Crippen LogP contribution in [0.5, 0.6) is 0 Å². The van der Waals surface area contributed by atoms with E-state index in [0.29, 0.717) is 0 Å². The first-order valence-electron chi connectivity index (χ1n) is 18.2. The average molecular weight is 775 g/mol. The minimum atomic E-state index is -1.47. The number of nitrogens with two attached hydrogens (primary N) is 1. The third-order valence-corrected chi connectivity index (χ3v) is 7.94. The van der Waals surface area contributed by atoms with Gasteiger partial charge in [-0.25, -0.2) is 4.79 Å². The van der Waals surface area contributed by atoms with Crippen LogP contribution < -0.4 is 21.7 Å². The monoisotopic (exact) mass is 774 g/mol. The van der Waals surface area contributed by atoms with Crippen LogP contribution in [0.3, 0.4) is 0 Å². The molecule has 15 heteroatoms. The van der Waals surface area contributed by atoms with Crippen LogP contribution >= 0.6 is 0 Å². The van der Waals surface area contributed by atoms with Gasteiger partial charge in [-0.15, -0.1) is 0 Å². The first kappa shape index (κ1) is 44.1. The van der Waals surface area contributed by atoms with Gasteiger partial charge in [-0.3, -0.25) is 28.8 Å². The van der Waals surface area contributed by atoms with Crippen molar-refractivity contribution < 1.29 is 52.5 Å². The van der Waals surface area contributed by atoms with E-state index in [9.17, 15) is 33.6 Å². The van der Waals surface area contributed by atoms with Gasteiger partial charge in [-0.2, -0.15) is 0 Å². The summed E-state index contributed by atoms with van der Waals surface area (Å²) in [5.41, 5.74) is 6.87. The number of ether oxygens (including phenoxy) is 4. The zero-order valence-corrected chi connectivity index (χ0v) is 31.8. The smallest absolute Gasteiger partial charge is 0.408 e. The molecule has 56 heavy (non-hydrogen) atoms. The summed E-state index contributed by atoms with van der Waals surface area (Å²) in [7, 11) is 0. The molecule has 5 N–H and O–H groups in total. The lowest BCUT2D eigenvalue weighted by Crippen LogP contribution is -2.56. The lowest BCUT2D eigenvalue weighted by Gasteiger charge is -2.26. The molecule has 15 nitrogen and oxygen atoms in total. The number of hydrogen-bond donors (Lipinski definition) is 4. The first-order chi connectivity index (χ1) is 26.7. The number of carbonyl (C=O) groups excluding carboxylic acids is 7. The van der Waals surface area contributed by atoms with Crippen molar-refractivity contribution in [1.29, 1.82) is 0 Å². The van der Waals surface area contributed by atoms with Crippen LogP contribution in [-0.4, -0.2) is 65.4 Å². The standard InChI is InChI=1S/C41H50N4O11/c1-41(2,3)56-40(52)45-33(21-24-36(48)55-27-30-17-11-6-12-18-30)39(51)44-32(20-23-35(47)54-26-29-15-9-5-10-16-29)38(50)43-31(37(42)49)19-22-34(46)53-25-28-13-7-4-8-14-28/h4-18,31-33H,19-27H2,1-3H3,(H2,42,49)(H,43,50)(H,44,51)(H,45,52)/t31-,32-,33-/m1/s1. The van der Waals surface area contributed by atoms with Crippen LogP contribution in [0.25, 0.3) is 0 Å². The van der Waals surface area contributed by atoms with E-state index >= 15 is 0 Å². The summed E-state index contributed by atoms with van der Waals surface area (Å²) in [5, 5.41) is 7.41. The lowest BCUT2D eigenvalue weighted by atomic mass is 10.1. The van der Waals surface area contributed by atoms with Gasteiger partial charge in [0.2, 0.25) is 17.7 Å². The topological polar surface area (TPSA) is 219 Å². The van der Waals surface area contributed by atoms with Crippen LogP contribution in [-0.2, 0) is 67.5 Å². The molecule has 0 bridgehead atoms. The molecule has 3 rings (SSSR count). The van der Waals surface area contributed by atoms with Crippen LogP contribution in [0, 0.1) is 0 Å². The number of rotatable bonds is 21. The van der Waals surface area contributed by atoms with Gasteiger partial charge in [-0.05, 0) is 56.7 Å². The van der Waals surface area contributed by atoms with E-state index in [-0.39, 0.29) is 58.3 Å². The van der Waals surface area contributed by atoms with E-state index in [0.717, 1.165) is 16.7 Å². The number of amides is 4. The lowest BCUT2D eigenvalue weighted by molar-refractivity contribution is -0.147. The Labute approximate surface area is 326 Å². The normalized spacial score (nSPS) is 12.5. The molecule has 0 heterocycles. The first-order valence-corrected chi connectivity index (χ1v) is 18.2. The molecule has 0 saturated carbocycles. The molecule has 0 aliphatic carbocycles. The molecule has 3 aromatic rings. The zero-order valence-electron chi connectivity index (χ0n) is 31.8. The molecular weight excluding hydrogens is 724 g/mol. The van der Waals surface area contributed by atoms with Crippen molar-refractivity contribution in [1.82, 2.24) is 16.0 Å². The highest BCUT2D eigenvalue weighted by Gasteiger charge is 2.31. The quantitative estimate of drug-likeness (QED) is 0.0899. The predicted octanol–water partition coefficient (Wildman–Crippen LogP) is 3.91. The van der Waals surface area contributed by atoms with Gasteiger partial charge in [0.25, 0.3) is 0 Å². The van der Waals surface area contributed by atoms with Gasteiger partial charge >= 0.3 is 24.0 Å². The number of benzene rings is 3. The fourth-order valence-corrected chi connectivity index (χ4v) is 5.03. The van der Waals surface area contributed by atoms with E-state index in [1.165, 1.54) is 0 Å². The van der Waals surface area contributed by atoms with Crippen molar-refractivity contribution in [2.75, 3.05) is 0 Å². The summed E-state index contributed by atoms with van der Waals surface area (Å²) in [4.78, 5) is 90.4. The molecule has 0 aromatic heterocycles. The predicted molar refractivity (Wildman–Crippen MR) is 203 cm³/mol. The van der Waals surface area contributed by atoms with Gasteiger partial charge in [0.15, 0.2) is 0 Å².